The van der Waals surface area contributed by atoms with Crippen LogP contribution < -0.4 is 15.4 Å². The number of anilines is 2. The molecule has 1 aliphatic heterocycles. The topological polar surface area (TPSA) is 105 Å². The summed E-state index contributed by atoms with van der Waals surface area (Å²) in [7, 11) is -2.39. The minimum Gasteiger partial charge on any atom is -0.495 e. The van der Waals surface area contributed by atoms with Crippen LogP contribution in [0.3, 0.4) is 0 Å². The number of sulfonamides is 1. The molecule has 2 N–H and O–H groups in total. The van der Waals surface area contributed by atoms with E-state index in [1.807, 2.05) is 0 Å². The third kappa shape index (κ3) is 5.62. The van der Waals surface area contributed by atoms with E-state index in [1.54, 1.807) is 24.3 Å². The molecular formula is C22H27N3O5S. The maximum Gasteiger partial charge on any atom is 0.255 e. The lowest BCUT2D eigenvalue weighted by Crippen LogP contribution is -2.32. The van der Waals surface area contributed by atoms with Crippen LogP contribution in [0.5, 0.6) is 5.75 Å². The molecule has 2 amide bonds. The Bertz CT molecular complexity index is 1060. The number of benzene rings is 2. The minimum absolute atomic E-state index is 0.0171. The van der Waals surface area contributed by atoms with Crippen LogP contribution in [0.25, 0.3) is 0 Å². The number of methoxy groups -OCH3 is 1. The molecule has 2 aromatic rings. The molecule has 166 valence electrons. The predicted molar refractivity (Wildman–Crippen MR) is 119 cm³/mol. The largest absolute Gasteiger partial charge is 0.495 e. The minimum atomic E-state index is -3.80. The van der Waals surface area contributed by atoms with Crippen molar-refractivity contribution in [2.24, 2.45) is 0 Å². The van der Waals surface area contributed by atoms with Crippen LogP contribution in [0.2, 0.25) is 0 Å². The first-order valence-corrected chi connectivity index (χ1v) is 11.6. The summed E-state index contributed by atoms with van der Waals surface area (Å²) >= 11 is 0. The molecule has 1 aliphatic rings. The van der Waals surface area contributed by atoms with Crippen molar-refractivity contribution >= 4 is 33.2 Å². The Balaban J connectivity index is 1.87. The second kappa shape index (κ2) is 9.93. The molecule has 0 spiro atoms. The SMILES string of the molecule is COc1ccc(C(=O)Nc2cccc(NC(C)=O)c2)cc1S(=O)(=O)N1CCCCCC1. The summed E-state index contributed by atoms with van der Waals surface area (Å²) in [6.45, 7) is 2.31. The highest BCUT2D eigenvalue weighted by Crippen LogP contribution is 2.30. The van der Waals surface area contributed by atoms with Crippen molar-refractivity contribution in [3.8, 4) is 5.75 Å². The molecule has 3 rings (SSSR count). The van der Waals surface area contributed by atoms with Gasteiger partial charge in [0.1, 0.15) is 10.6 Å². The van der Waals surface area contributed by atoms with E-state index in [0.29, 0.717) is 24.5 Å². The third-order valence-corrected chi connectivity index (χ3v) is 6.97. The van der Waals surface area contributed by atoms with Gasteiger partial charge in [-0.3, -0.25) is 9.59 Å². The maximum absolute atomic E-state index is 13.3. The van der Waals surface area contributed by atoms with E-state index in [1.165, 1.54) is 36.5 Å². The van der Waals surface area contributed by atoms with Gasteiger partial charge in [0.25, 0.3) is 5.91 Å². The summed E-state index contributed by atoms with van der Waals surface area (Å²) in [4.78, 5) is 24.0. The summed E-state index contributed by atoms with van der Waals surface area (Å²) in [5, 5.41) is 5.39. The smallest absolute Gasteiger partial charge is 0.255 e. The number of ether oxygens (including phenoxy) is 1. The Kier molecular flexibility index (Phi) is 7.29. The second-order valence-corrected chi connectivity index (χ2v) is 9.31. The molecule has 0 aliphatic carbocycles. The zero-order chi connectivity index (χ0) is 22.4. The summed E-state index contributed by atoms with van der Waals surface area (Å²) in [5.74, 6) is -0.481. The van der Waals surface area contributed by atoms with Gasteiger partial charge < -0.3 is 15.4 Å². The maximum atomic E-state index is 13.3. The van der Waals surface area contributed by atoms with E-state index in [9.17, 15) is 18.0 Å². The van der Waals surface area contributed by atoms with E-state index in [2.05, 4.69) is 10.6 Å². The van der Waals surface area contributed by atoms with E-state index in [4.69, 9.17) is 4.74 Å². The molecule has 1 fully saturated rings. The molecule has 0 unspecified atom stereocenters. The number of carbonyl (C=O) groups is 2. The van der Waals surface area contributed by atoms with Crippen LogP contribution in [-0.4, -0.2) is 44.7 Å². The fraction of sp³-hybridized carbons (Fsp3) is 0.364. The second-order valence-electron chi connectivity index (χ2n) is 7.40. The average molecular weight is 446 g/mol. The Hall–Kier alpha value is -2.91. The van der Waals surface area contributed by atoms with Crippen LogP contribution in [0.1, 0.15) is 43.0 Å². The molecule has 8 nitrogen and oxygen atoms in total. The molecule has 0 aromatic heterocycles. The first-order chi connectivity index (χ1) is 14.8. The first kappa shape index (κ1) is 22.8. The van der Waals surface area contributed by atoms with Crippen LogP contribution in [-0.2, 0) is 14.8 Å². The van der Waals surface area contributed by atoms with Crippen molar-refractivity contribution in [2.45, 2.75) is 37.5 Å². The van der Waals surface area contributed by atoms with E-state index in [0.717, 1.165) is 25.7 Å². The van der Waals surface area contributed by atoms with Crippen molar-refractivity contribution in [1.29, 1.82) is 0 Å². The lowest BCUT2D eigenvalue weighted by Gasteiger charge is -2.21. The number of hydrogen-bond donors (Lipinski definition) is 2. The van der Waals surface area contributed by atoms with Gasteiger partial charge in [0.2, 0.25) is 15.9 Å². The van der Waals surface area contributed by atoms with Crippen molar-refractivity contribution < 1.29 is 22.7 Å². The molecule has 0 bridgehead atoms. The fourth-order valence-electron chi connectivity index (χ4n) is 3.52. The van der Waals surface area contributed by atoms with Gasteiger partial charge in [-0.2, -0.15) is 4.31 Å². The normalized spacial score (nSPS) is 15.0. The molecular weight excluding hydrogens is 418 g/mol. The number of hydrogen-bond acceptors (Lipinski definition) is 5. The van der Waals surface area contributed by atoms with E-state index < -0.39 is 15.9 Å². The van der Waals surface area contributed by atoms with Gasteiger partial charge in [-0.15, -0.1) is 0 Å². The number of carbonyl (C=O) groups excluding carboxylic acids is 2. The standard InChI is InChI=1S/C22H27N3O5S/c1-16(26)23-18-8-7-9-19(15-18)24-22(27)17-10-11-20(30-2)21(14-17)31(28,29)25-12-5-3-4-6-13-25/h7-11,14-15H,3-6,12-13H2,1-2H3,(H,23,26)(H,24,27). The molecule has 0 atom stereocenters. The Labute approximate surface area is 182 Å². The molecule has 1 saturated heterocycles. The van der Waals surface area contributed by atoms with Gasteiger partial charge in [0.15, 0.2) is 0 Å². The Morgan fingerprint density at radius 2 is 1.58 bits per heavy atom. The van der Waals surface area contributed by atoms with Gasteiger partial charge in [-0.05, 0) is 49.2 Å². The van der Waals surface area contributed by atoms with E-state index >= 15 is 0 Å². The average Bonchev–Trinajstić information content (AvgIpc) is 3.03. The summed E-state index contributed by atoms with van der Waals surface area (Å²) in [6, 6.07) is 11.1. The monoisotopic (exact) mass is 445 g/mol. The van der Waals surface area contributed by atoms with Crippen LogP contribution in [0.4, 0.5) is 11.4 Å². The lowest BCUT2D eigenvalue weighted by molar-refractivity contribution is -0.114. The number of nitrogens with one attached hydrogen (secondary N) is 2. The van der Waals surface area contributed by atoms with E-state index in [-0.39, 0.29) is 22.1 Å². The summed E-state index contributed by atoms with van der Waals surface area (Å²) in [6.07, 6.45) is 3.63. The van der Waals surface area contributed by atoms with Crippen LogP contribution >= 0.6 is 0 Å². The Morgan fingerprint density at radius 1 is 0.935 bits per heavy atom. The quantitative estimate of drug-likeness (QED) is 0.708. The molecule has 2 aromatic carbocycles. The highest BCUT2D eigenvalue weighted by atomic mass is 32.2. The first-order valence-electron chi connectivity index (χ1n) is 10.2. The zero-order valence-electron chi connectivity index (χ0n) is 17.7. The van der Waals surface area contributed by atoms with Crippen molar-refractivity contribution in [3.63, 3.8) is 0 Å². The molecule has 1 heterocycles. The number of nitrogens with zero attached hydrogens (tertiary/aromatic N) is 1. The van der Waals surface area contributed by atoms with Crippen molar-refractivity contribution in [2.75, 3.05) is 30.8 Å². The third-order valence-electron chi connectivity index (χ3n) is 5.05. The highest BCUT2D eigenvalue weighted by Gasteiger charge is 2.29. The fourth-order valence-corrected chi connectivity index (χ4v) is 5.22. The molecule has 31 heavy (non-hydrogen) atoms. The highest BCUT2D eigenvalue weighted by molar-refractivity contribution is 7.89. The summed E-state index contributed by atoms with van der Waals surface area (Å²) < 4.78 is 33.3. The van der Waals surface area contributed by atoms with Crippen molar-refractivity contribution in [1.82, 2.24) is 4.31 Å². The van der Waals surface area contributed by atoms with Gasteiger partial charge in [0.05, 0.1) is 7.11 Å². The lowest BCUT2D eigenvalue weighted by atomic mass is 10.2. The summed E-state index contributed by atoms with van der Waals surface area (Å²) in [5.41, 5.74) is 1.22. The number of rotatable bonds is 6. The Morgan fingerprint density at radius 3 is 2.19 bits per heavy atom. The molecule has 0 radical (unpaired) electrons. The van der Waals surface area contributed by atoms with Crippen molar-refractivity contribution in [3.05, 3.63) is 48.0 Å². The zero-order valence-corrected chi connectivity index (χ0v) is 18.5. The predicted octanol–water partition coefficient (Wildman–Crippen LogP) is 3.47. The van der Waals surface area contributed by atoms with Crippen LogP contribution in [0.15, 0.2) is 47.4 Å². The number of amides is 2. The molecule has 9 heteroatoms. The molecule has 0 saturated carbocycles. The van der Waals surface area contributed by atoms with Gasteiger partial charge in [0, 0.05) is 37.0 Å². The van der Waals surface area contributed by atoms with Gasteiger partial charge in [-0.1, -0.05) is 18.9 Å². The van der Waals surface area contributed by atoms with Gasteiger partial charge >= 0.3 is 0 Å². The van der Waals surface area contributed by atoms with Gasteiger partial charge in [-0.25, -0.2) is 8.42 Å². The van der Waals surface area contributed by atoms with Crippen LogP contribution in [0, 0.1) is 0 Å².